The number of ether oxygens (including phenoxy) is 2. The fourth-order valence-electron chi connectivity index (χ4n) is 4.22. The molecule has 1 saturated heterocycles. The molecule has 4 heteroatoms. The van der Waals surface area contributed by atoms with Crippen LogP contribution in [0.3, 0.4) is 0 Å². The van der Waals surface area contributed by atoms with Crippen LogP contribution in [0.2, 0.25) is 0 Å². The van der Waals surface area contributed by atoms with Crippen molar-refractivity contribution in [2.75, 3.05) is 26.8 Å². The zero-order valence-corrected chi connectivity index (χ0v) is 16.0. The van der Waals surface area contributed by atoms with Gasteiger partial charge in [-0.2, -0.15) is 0 Å². The van der Waals surface area contributed by atoms with E-state index in [1.807, 2.05) is 0 Å². The molecule has 0 spiro atoms. The van der Waals surface area contributed by atoms with Gasteiger partial charge in [0.25, 0.3) is 0 Å². The van der Waals surface area contributed by atoms with E-state index in [4.69, 9.17) is 9.47 Å². The number of rotatable bonds is 6. The first-order chi connectivity index (χ1) is 12.0. The summed E-state index contributed by atoms with van der Waals surface area (Å²) < 4.78 is 11.4. The normalized spacial score (nSPS) is 23.3. The molecule has 2 aliphatic heterocycles. The van der Waals surface area contributed by atoms with E-state index in [1.54, 1.807) is 7.11 Å². The van der Waals surface area contributed by atoms with Gasteiger partial charge in [0.15, 0.2) is 11.5 Å². The van der Waals surface area contributed by atoms with E-state index in [1.165, 1.54) is 11.1 Å². The number of hydrogen-bond acceptors (Lipinski definition) is 4. The molecule has 2 aliphatic rings. The van der Waals surface area contributed by atoms with E-state index in [0.717, 1.165) is 43.9 Å². The van der Waals surface area contributed by atoms with Crippen molar-refractivity contribution in [1.82, 2.24) is 4.90 Å². The van der Waals surface area contributed by atoms with Gasteiger partial charge in [0.05, 0.1) is 13.7 Å². The first-order valence-electron chi connectivity index (χ1n) is 9.63. The van der Waals surface area contributed by atoms with Gasteiger partial charge in [-0.3, -0.25) is 9.69 Å². The molecule has 2 unspecified atom stereocenters. The molecular formula is C21H31NO3. The van der Waals surface area contributed by atoms with Crippen LogP contribution < -0.4 is 9.47 Å². The van der Waals surface area contributed by atoms with E-state index in [-0.39, 0.29) is 12.0 Å². The molecule has 2 atom stereocenters. The number of ketones is 1. The first-order valence-corrected chi connectivity index (χ1v) is 9.63. The van der Waals surface area contributed by atoms with Crippen LogP contribution in [0.15, 0.2) is 12.1 Å². The lowest BCUT2D eigenvalue weighted by molar-refractivity contribution is -0.129. The average Bonchev–Trinajstić information content (AvgIpc) is 2.59. The summed E-state index contributed by atoms with van der Waals surface area (Å²) in [4.78, 5) is 15.2. The number of Topliss-reactive ketones (excluding diaryl/α,β-unsaturated/α-hetero) is 1. The van der Waals surface area contributed by atoms with E-state index in [2.05, 4.69) is 37.8 Å². The standard InChI is InChI=1S/C21H31NO3/c1-5-8-25-21-10-15-6-7-22-13-16(9-14(2)3)19(23)12-18(22)17(15)11-20(21)24-4/h10-11,14,16,18H,5-9,12-13H2,1-4H3. The highest BCUT2D eigenvalue weighted by Gasteiger charge is 2.38. The summed E-state index contributed by atoms with van der Waals surface area (Å²) in [5, 5.41) is 0. The Balaban J connectivity index is 1.85. The smallest absolute Gasteiger partial charge is 0.161 e. The third kappa shape index (κ3) is 3.84. The number of nitrogens with zero attached hydrogens (tertiary/aromatic N) is 1. The van der Waals surface area contributed by atoms with Gasteiger partial charge in [-0.05, 0) is 48.4 Å². The Hall–Kier alpha value is -1.55. The highest BCUT2D eigenvalue weighted by Crippen LogP contribution is 2.42. The first kappa shape index (κ1) is 18.2. The molecule has 1 aromatic carbocycles. The molecule has 0 radical (unpaired) electrons. The quantitative estimate of drug-likeness (QED) is 0.781. The maximum atomic E-state index is 12.7. The van der Waals surface area contributed by atoms with Crippen molar-refractivity contribution in [1.29, 1.82) is 0 Å². The van der Waals surface area contributed by atoms with Gasteiger partial charge in [-0.25, -0.2) is 0 Å². The summed E-state index contributed by atoms with van der Waals surface area (Å²) in [5.74, 6) is 2.81. The van der Waals surface area contributed by atoms with Gasteiger partial charge in [0.1, 0.15) is 5.78 Å². The number of hydrogen-bond donors (Lipinski definition) is 0. The van der Waals surface area contributed by atoms with Gasteiger partial charge in [0, 0.05) is 31.5 Å². The molecule has 0 N–H and O–H groups in total. The van der Waals surface area contributed by atoms with E-state index >= 15 is 0 Å². The second kappa shape index (κ2) is 7.77. The second-order valence-electron chi connectivity index (χ2n) is 7.81. The van der Waals surface area contributed by atoms with Crippen LogP contribution in [-0.2, 0) is 11.2 Å². The van der Waals surface area contributed by atoms with Crippen molar-refractivity contribution in [2.24, 2.45) is 11.8 Å². The number of carbonyl (C=O) groups is 1. The molecule has 0 bridgehead atoms. The Kier molecular flexibility index (Phi) is 5.67. The Labute approximate surface area is 151 Å². The third-order valence-electron chi connectivity index (χ3n) is 5.42. The summed E-state index contributed by atoms with van der Waals surface area (Å²) in [6, 6.07) is 4.44. The Morgan fingerprint density at radius 2 is 2.08 bits per heavy atom. The van der Waals surface area contributed by atoms with Crippen molar-refractivity contribution >= 4 is 5.78 Å². The number of carbonyl (C=O) groups excluding carboxylic acids is 1. The van der Waals surface area contributed by atoms with Crippen molar-refractivity contribution in [3.63, 3.8) is 0 Å². The van der Waals surface area contributed by atoms with Crippen LogP contribution in [0.5, 0.6) is 11.5 Å². The zero-order chi connectivity index (χ0) is 18.0. The summed E-state index contributed by atoms with van der Waals surface area (Å²) in [5.41, 5.74) is 2.56. The summed E-state index contributed by atoms with van der Waals surface area (Å²) in [6.07, 6.45) is 3.62. The molecular weight excluding hydrogens is 314 g/mol. The highest BCUT2D eigenvalue weighted by molar-refractivity contribution is 5.83. The zero-order valence-electron chi connectivity index (χ0n) is 16.0. The maximum Gasteiger partial charge on any atom is 0.161 e. The minimum Gasteiger partial charge on any atom is -0.493 e. The van der Waals surface area contributed by atoms with Crippen molar-refractivity contribution in [2.45, 2.75) is 52.5 Å². The number of methoxy groups -OCH3 is 1. The van der Waals surface area contributed by atoms with Crippen molar-refractivity contribution in [3.8, 4) is 11.5 Å². The Morgan fingerprint density at radius 1 is 1.28 bits per heavy atom. The van der Waals surface area contributed by atoms with Crippen LogP contribution in [0.1, 0.15) is 57.2 Å². The summed E-state index contributed by atoms with van der Waals surface area (Å²) in [6.45, 7) is 9.13. The van der Waals surface area contributed by atoms with E-state index in [0.29, 0.717) is 24.7 Å². The van der Waals surface area contributed by atoms with Gasteiger partial charge in [-0.1, -0.05) is 20.8 Å². The van der Waals surface area contributed by atoms with Crippen LogP contribution in [0, 0.1) is 11.8 Å². The predicted octanol–water partition coefficient (Wildman–Crippen LogP) is 4.02. The summed E-state index contributed by atoms with van der Waals surface area (Å²) in [7, 11) is 1.69. The van der Waals surface area contributed by atoms with Crippen LogP contribution in [0.25, 0.3) is 0 Å². The number of benzene rings is 1. The second-order valence-corrected chi connectivity index (χ2v) is 7.81. The SMILES string of the molecule is CCCOc1cc2c(cc1OC)C1CC(=O)C(CC(C)C)CN1CC2. The molecule has 2 heterocycles. The van der Waals surface area contributed by atoms with Gasteiger partial charge >= 0.3 is 0 Å². The minimum atomic E-state index is 0.201. The van der Waals surface area contributed by atoms with Gasteiger partial charge in [0.2, 0.25) is 0 Å². The minimum absolute atomic E-state index is 0.201. The maximum absolute atomic E-state index is 12.7. The van der Waals surface area contributed by atoms with Crippen LogP contribution in [-0.4, -0.2) is 37.5 Å². The molecule has 138 valence electrons. The molecule has 4 nitrogen and oxygen atoms in total. The molecule has 1 fully saturated rings. The fourth-order valence-corrected chi connectivity index (χ4v) is 4.22. The Bertz CT molecular complexity index is 626. The lowest BCUT2D eigenvalue weighted by Crippen LogP contribution is -2.46. The van der Waals surface area contributed by atoms with Crippen LogP contribution in [0.4, 0.5) is 0 Å². The molecule has 0 aromatic heterocycles. The molecule has 1 aromatic rings. The third-order valence-corrected chi connectivity index (χ3v) is 5.42. The molecule has 0 aliphatic carbocycles. The lowest BCUT2D eigenvalue weighted by Gasteiger charge is -2.43. The molecule has 0 amide bonds. The fraction of sp³-hybridized carbons (Fsp3) is 0.667. The van der Waals surface area contributed by atoms with Crippen LogP contribution >= 0.6 is 0 Å². The predicted molar refractivity (Wildman–Crippen MR) is 99.4 cm³/mol. The van der Waals surface area contributed by atoms with Crippen molar-refractivity contribution in [3.05, 3.63) is 23.3 Å². The van der Waals surface area contributed by atoms with Crippen molar-refractivity contribution < 1.29 is 14.3 Å². The largest absolute Gasteiger partial charge is 0.493 e. The molecule has 25 heavy (non-hydrogen) atoms. The van der Waals surface area contributed by atoms with E-state index < -0.39 is 0 Å². The monoisotopic (exact) mass is 345 g/mol. The number of piperidine rings is 1. The number of fused-ring (bicyclic) bond motifs is 3. The van der Waals surface area contributed by atoms with Gasteiger partial charge < -0.3 is 9.47 Å². The summed E-state index contributed by atoms with van der Waals surface area (Å²) >= 11 is 0. The molecule has 3 rings (SSSR count). The average molecular weight is 345 g/mol. The lowest BCUT2D eigenvalue weighted by atomic mass is 9.80. The topological polar surface area (TPSA) is 38.8 Å². The van der Waals surface area contributed by atoms with E-state index in [9.17, 15) is 4.79 Å². The molecule has 0 saturated carbocycles. The highest BCUT2D eigenvalue weighted by atomic mass is 16.5. The van der Waals surface area contributed by atoms with Gasteiger partial charge in [-0.15, -0.1) is 0 Å². The Morgan fingerprint density at radius 3 is 2.76 bits per heavy atom.